The second-order valence-corrected chi connectivity index (χ2v) is 7.90. The van der Waals surface area contributed by atoms with E-state index < -0.39 is 0 Å². The van der Waals surface area contributed by atoms with Crippen LogP contribution in [0.4, 0.5) is 0 Å². The van der Waals surface area contributed by atoms with Crippen LogP contribution < -0.4 is 16.2 Å². The minimum absolute atomic E-state index is 0.110. The zero-order valence-electron chi connectivity index (χ0n) is 17.9. The molecule has 0 saturated heterocycles. The molecular weight excluding hydrogens is 414 g/mol. The Balaban J connectivity index is 1.23. The van der Waals surface area contributed by atoms with Gasteiger partial charge in [0.2, 0.25) is 0 Å². The van der Waals surface area contributed by atoms with Gasteiger partial charge in [-0.3, -0.25) is 14.0 Å². The molecule has 3 heterocycles. The van der Waals surface area contributed by atoms with Crippen LogP contribution in [0.15, 0.2) is 89.9 Å². The molecular formula is C26H23N5O2. The third-order valence-electron chi connectivity index (χ3n) is 5.49. The van der Waals surface area contributed by atoms with E-state index in [2.05, 4.69) is 38.8 Å². The number of amides is 1. The topological polar surface area (TPSA) is 91.3 Å². The van der Waals surface area contributed by atoms with Crippen LogP contribution in [-0.2, 0) is 19.6 Å². The second kappa shape index (κ2) is 9.10. The Morgan fingerprint density at radius 1 is 0.879 bits per heavy atom. The number of fused-ring (bicyclic) bond motifs is 2. The summed E-state index contributed by atoms with van der Waals surface area (Å²) in [5.41, 5.74) is 4.58. The minimum Gasteiger partial charge on any atom is -0.357 e. The van der Waals surface area contributed by atoms with Crippen molar-refractivity contribution in [3.63, 3.8) is 0 Å². The number of aromatic amines is 1. The first kappa shape index (κ1) is 20.7. The quantitative estimate of drug-likeness (QED) is 0.364. The molecule has 0 aliphatic carbocycles. The monoisotopic (exact) mass is 437 g/mol. The molecule has 0 radical (unpaired) electrons. The lowest BCUT2D eigenvalue weighted by molar-refractivity contribution is 0.0946. The van der Waals surface area contributed by atoms with Crippen LogP contribution in [0.25, 0.3) is 16.6 Å². The molecule has 5 aromatic rings. The summed E-state index contributed by atoms with van der Waals surface area (Å²) < 4.78 is 1.41. The smallest absolute Gasteiger partial charge is 0.270 e. The van der Waals surface area contributed by atoms with E-state index in [4.69, 9.17) is 0 Å². The van der Waals surface area contributed by atoms with Crippen molar-refractivity contribution in [1.29, 1.82) is 0 Å². The van der Waals surface area contributed by atoms with Crippen molar-refractivity contribution < 1.29 is 4.79 Å². The van der Waals surface area contributed by atoms with E-state index in [1.165, 1.54) is 16.0 Å². The predicted octanol–water partition coefficient (Wildman–Crippen LogP) is 3.40. The van der Waals surface area contributed by atoms with Crippen molar-refractivity contribution in [2.75, 3.05) is 0 Å². The van der Waals surface area contributed by atoms with Gasteiger partial charge < -0.3 is 15.6 Å². The summed E-state index contributed by atoms with van der Waals surface area (Å²) in [7, 11) is 0. The Morgan fingerprint density at radius 3 is 2.61 bits per heavy atom. The molecule has 0 atom stereocenters. The lowest BCUT2D eigenvalue weighted by Crippen LogP contribution is -2.26. The highest BCUT2D eigenvalue weighted by Crippen LogP contribution is 2.17. The molecule has 164 valence electrons. The molecule has 1 amide bonds. The number of rotatable bonds is 7. The van der Waals surface area contributed by atoms with Crippen LogP contribution in [0.5, 0.6) is 0 Å². The highest BCUT2D eigenvalue weighted by atomic mass is 16.2. The molecule has 0 spiro atoms. The maximum atomic E-state index is 12.6. The number of hydrogen-bond donors (Lipinski definition) is 3. The van der Waals surface area contributed by atoms with Crippen molar-refractivity contribution >= 4 is 22.5 Å². The minimum atomic E-state index is -0.379. The number of aromatic nitrogens is 3. The first-order valence-corrected chi connectivity index (χ1v) is 10.8. The number of hydrogen-bond acceptors (Lipinski definition) is 4. The summed E-state index contributed by atoms with van der Waals surface area (Å²) in [5, 5.41) is 7.42. The first-order chi connectivity index (χ1) is 16.2. The summed E-state index contributed by atoms with van der Waals surface area (Å²) in [4.78, 5) is 32.5. The van der Waals surface area contributed by atoms with E-state index in [-0.39, 0.29) is 17.2 Å². The third kappa shape index (κ3) is 4.68. The molecule has 0 unspecified atom stereocenters. The van der Waals surface area contributed by atoms with Crippen molar-refractivity contribution in [1.82, 2.24) is 25.0 Å². The molecule has 5 rings (SSSR count). The average Bonchev–Trinajstić information content (AvgIpc) is 3.25. The molecule has 7 heteroatoms. The standard InChI is InChI=1S/C26H23N5O2/c32-25-14-23(30-24-8-4-5-11-31(24)25)26(33)28-16-19-9-10-20-13-21(29-22(20)12-19)17-27-15-18-6-2-1-3-7-18/h1-14,27,29H,15-17H2,(H,28,33). The third-order valence-corrected chi connectivity index (χ3v) is 5.49. The van der Waals surface area contributed by atoms with E-state index in [0.29, 0.717) is 12.2 Å². The molecule has 3 aromatic heterocycles. The van der Waals surface area contributed by atoms with Gasteiger partial charge >= 0.3 is 0 Å². The van der Waals surface area contributed by atoms with E-state index >= 15 is 0 Å². The zero-order chi connectivity index (χ0) is 22.6. The van der Waals surface area contributed by atoms with E-state index in [1.54, 1.807) is 24.4 Å². The highest BCUT2D eigenvalue weighted by molar-refractivity contribution is 5.92. The van der Waals surface area contributed by atoms with Crippen molar-refractivity contribution in [3.8, 4) is 0 Å². The lowest BCUT2D eigenvalue weighted by atomic mass is 10.1. The molecule has 0 aliphatic heterocycles. The number of benzene rings is 2. The van der Waals surface area contributed by atoms with Crippen molar-refractivity contribution in [3.05, 3.63) is 118 Å². The molecule has 2 aromatic carbocycles. The van der Waals surface area contributed by atoms with Crippen LogP contribution in [-0.4, -0.2) is 20.3 Å². The summed E-state index contributed by atoms with van der Waals surface area (Å²) in [5.74, 6) is -0.379. The Labute approximate surface area is 190 Å². The van der Waals surface area contributed by atoms with Gasteiger partial charge in [0, 0.05) is 43.1 Å². The van der Waals surface area contributed by atoms with E-state index in [1.807, 2.05) is 36.4 Å². The Morgan fingerprint density at radius 2 is 1.73 bits per heavy atom. The molecule has 0 aliphatic rings. The Bertz CT molecular complexity index is 1490. The summed E-state index contributed by atoms with van der Waals surface area (Å²) in [6, 6.07) is 24.9. The summed E-state index contributed by atoms with van der Waals surface area (Å²) >= 11 is 0. The summed E-state index contributed by atoms with van der Waals surface area (Å²) in [6.45, 7) is 1.88. The molecule has 3 N–H and O–H groups in total. The molecule has 0 fully saturated rings. The maximum Gasteiger partial charge on any atom is 0.270 e. The van der Waals surface area contributed by atoms with Crippen molar-refractivity contribution in [2.24, 2.45) is 0 Å². The highest BCUT2D eigenvalue weighted by Gasteiger charge is 2.11. The summed E-state index contributed by atoms with van der Waals surface area (Å²) in [6.07, 6.45) is 1.63. The van der Waals surface area contributed by atoms with Gasteiger partial charge in [-0.25, -0.2) is 4.98 Å². The number of nitrogens with zero attached hydrogens (tertiary/aromatic N) is 2. The SMILES string of the molecule is O=C(NCc1ccc2cc(CNCc3ccccc3)[nH]c2c1)c1cc(=O)n2ccccc2n1. The van der Waals surface area contributed by atoms with Crippen LogP contribution >= 0.6 is 0 Å². The van der Waals surface area contributed by atoms with E-state index in [0.717, 1.165) is 35.2 Å². The molecule has 0 bridgehead atoms. The van der Waals surface area contributed by atoms with Gasteiger partial charge in [-0.05, 0) is 40.8 Å². The van der Waals surface area contributed by atoms with Gasteiger partial charge in [-0.15, -0.1) is 0 Å². The van der Waals surface area contributed by atoms with Gasteiger partial charge in [0.15, 0.2) is 0 Å². The largest absolute Gasteiger partial charge is 0.357 e. The zero-order valence-corrected chi connectivity index (χ0v) is 17.9. The van der Waals surface area contributed by atoms with E-state index in [9.17, 15) is 9.59 Å². The van der Waals surface area contributed by atoms with Crippen LogP contribution in [0.3, 0.4) is 0 Å². The molecule has 33 heavy (non-hydrogen) atoms. The van der Waals surface area contributed by atoms with Gasteiger partial charge in [0.05, 0.1) is 0 Å². The lowest BCUT2D eigenvalue weighted by Gasteiger charge is -2.06. The fraction of sp³-hybridized carbons (Fsp3) is 0.115. The average molecular weight is 438 g/mol. The fourth-order valence-electron chi connectivity index (χ4n) is 3.82. The number of carbonyl (C=O) groups is 1. The first-order valence-electron chi connectivity index (χ1n) is 10.8. The fourth-order valence-corrected chi connectivity index (χ4v) is 3.82. The number of H-pyrrole nitrogens is 1. The number of pyridine rings is 1. The van der Waals surface area contributed by atoms with Gasteiger partial charge in [0.25, 0.3) is 11.5 Å². The Hall–Kier alpha value is -4.23. The van der Waals surface area contributed by atoms with Gasteiger partial charge in [-0.1, -0.05) is 48.5 Å². The predicted molar refractivity (Wildman–Crippen MR) is 128 cm³/mol. The second-order valence-electron chi connectivity index (χ2n) is 7.90. The van der Waals surface area contributed by atoms with Gasteiger partial charge in [0.1, 0.15) is 11.3 Å². The molecule has 7 nitrogen and oxygen atoms in total. The molecule has 0 saturated carbocycles. The van der Waals surface area contributed by atoms with Crippen molar-refractivity contribution in [2.45, 2.75) is 19.6 Å². The number of nitrogens with one attached hydrogen (secondary N) is 3. The van der Waals surface area contributed by atoms with Crippen LogP contribution in [0.1, 0.15) is 27.3 Å². The number of carbonyl (C=O) groups excluding carboxylic acids is 1. The Kier molecular flexibility index (Phi) is 5.70. The maximum absolute atomic E-state index is 12.6. The van der Waals surface area contributed by atoms with Gasteiger partial charge in [-0.2, -0.15) is 0 Å². The normalized spacial score (nSPS) is 11.2. The van der Waals surface area contributed by atoms with Crippen LogP contribution in [0.2, 0.25) is 0 Å². The van der Waals surface area contributed by atoms with Crippen LogP contribution in [0, 0.1) is 0 Å².